The highest BCUT2D eigenvalue weighted by Crippen LogP contribution is 2.40. The maximum atomic E-state index is 14.2. The van der Waals surface area contributed by atoms with E-state index in [9.17, 15) is 27.9 Å². The number of benzene rings is 2. The number of fused-ring (bicyclic) bond motifs is 2. The van der Waals surface area contributed by atoms with Crippen molar-refractivity contribution in [2.45, 2.75) is 26.1 Å². The third-order valence-electron chi connectivity index (χ3n) is 5.98. The highest BCUT2D eigenvalue weighted by atomic mass is 19.4. The Morgan fingerprint density at radius 3 is 2.57 bits per heavy atom. The lowest BCUT2D eigenvalue weighted by Gasteiger charge is -2.20. The molecule has 3 heterocycles. The van der Waals surface area contributed by atoms with Gasteiger partial charge in [0.1, 0.15) is 16.7 Å². The van der Waals surface area contributed by atoms with Crippen molar-refractivity contribution in [1.82, 2.24) is 4.98 Å². The molecule has 0 fully saturated rings. The first-order chi connectivity index (χ1) is 17.5. The summed E-state index contributed by atoms with van der Waals surface area (Å²) in [6, 6.07) is 11.4. The molecule has 0 aliphatic heterocycles. The molecule has 0 saturated heterocycles. The molecule has 0 spiro atoms. The summed E-state index contributed by atoms with van der Waals surface area (Å²) in [5.41, 5.74) is -1.27. The first kappa shape index (κ1) is 24.1. The second kappa shape index (κ2) is 8.81. The zero-order valence-corrected chi connectivity index (χ0v) is 19.5. The normalized spacial score (nSPS) is 12.7. The third kappa shape index (κ3) is 4.31. The first-order valence-corrected chi connectivity index (χ1v) is 11.2. The van der Waals surface area contributed by atoms with Gasteiger partial charge in [0.2, 0.25) is 5.43 Å². The van der Waals surface area contributed by atoms with Crippen molar-refractivity contribution in [3.05, 3.63) is 93.4 Å². The van der Waals surface area contributed by atoms with Gasteiger partial charge in [-0.15, -0.1) is 0 Å². The molecule has 37 heavy (non-hydrogen) atoms. The Labute approximate surface area is 207 Å². The van der Waals surface area contributed by atoms with Crippen molar-refractivity contribution in [1.29, 1.82) is 0 Å². The summed E-state index contributed by atoms with van der Waals surface area (Å²) in [6.07, 6.45) is -2.16. The van der Waals surface area contributed by atoms with E-state index in [1.54, 1.807) is 38.1 Å². The van der Waals surface area contributed by atoms with E-state index >= 15 is 0 Å². The fourth-order valence-corrected chi connectivity index (χ4v) is 4.33. The van der Waals surface area contributed by atoms with Crippen LogP contribution in [-0.2, 0) is 6.18 Å². The summed E-state index contributed by atoms with van der Waals surface area (Å²) in [4.78, 5) is 28.9. The number of carboxylic acid groups (broad SMARTS) is 1. The number of rotatable bonds is 5. The Morgan fingerprint density at radius 1 is 1.11 bits per heavy atom. The number of alkyl halides is 3. The Balaban J connectivity index is 1.75. The van der Waals surface area contributed by atoms with Gasteiger partial charge in [0.05, 0.1) is 17.0 Å². The molecule has 7 nitrogen and oxygen atoms in total. The van der Waals surface area contributed by atoms with E-state index in [2.05, 4.69) is 10.3 Å². The number of furan rings is 1. The van der Waals surface area contributed by atoms with Crippen molar-refractivity contribution in [2.75, 3.05) is 5.32 Å². The molecule has 1 unspecified atom stereocenters. The molecular formula is C27H19F3N2O5. The van der Waals surface area contributed by atoms with Crippen LogP contribution in [0.2, 0.25) is 0 Å². The predicted molar refractivity (Wildman–Crippen MR) is 131 cm³/mol. The molecule has 10 heteroatoms. The second-order valence-corrected chi connectivity index (χ2v) is 8.60. The lowest BCUT2D eigenvalue weighted by molar-refractivity contribution is -0.138. The predicted octanol–water partition coefficient (Wildman–Crippen LogP) is 6.80. The van der Waals surface area contributed by atoms with E-state index in [-0.39, 0.29) is 27.9 Å². The number of para-hydroxylation sites is 1. The molecule has 0 aliphatic rings. The maximum Gasteiger partial charge on any atom is 0.423 e. The molecule has 3 aromatic heterocycles. The smallest absolute Gasteiger partial charge is 0.423 e. The molecule has 188 valence electrons. The van der Waals surface area contributed by atoms with Gasteiger partial charge >= 0.3 is 12.1 Å². The third-order valence-corrected chi connectivity index (χ3v) is 5.98. The summed E-state index contributed by atoms with van der Waals surface area (Å²) in [5.74, 6) is -2.16. The Bertz CT molecular complexity index is 1700. The highest BCUT2D eigenvalue weighted by molar-refractivity contribution is 5.94. The van der Waals surface area contributed by atoms with Crippen LogP contribution in [0.5, 0.6) is 0 Å². The van der Waals surface area contributed by atoms with E-state index in [4.69, 9.17) is 8.83 Å². The SMILES string of the molecule is Cc1cc(C(C)Nc2ccccc2C(=O)O)c2oc(-c3cc4cnccc4o3)c(C(F)(F)F)c(=O)c2c1. The van der Waals surface area contributed by atoms with E-state index in [0.717, 1.165) is 0 Å². The van der Waals surface area contributed by atoms with Crippen molar-refractivity contribution in [3.63, 3.8) is 0 Å². The summed E-state index contributed by atoms with van der Waals surface area (Å²) >= 11 is 0. The van der Waals surface area contributed by atoms with E-state index < -0.39 is 34.9 Å². The van der Waals surface area contributed by atoms with Crippen LogP contribution in [-0.4, -0.2) is 16.1 Å². The van der Waals surface area contributed by atoms with Crippen LogP contribution < -0.4 is 10.7 Å². The quantitative estimate of drug-likeness (QED) is 0.269. The minimum Gasteiger partial charge on any atom is -0.478 e. The number of nitrogens with zero attached hydrogens (tertiary/aromatic N) is 1. The van der Waals surface area contributed by atoms with Crippen molar-refractivity contribution >= 4 is 33.6 Å². The maximum absolute atomic E-state index is 14.2. The standard InChI is InChI=1S/C27H19F3N2O5/c1-13-9-17(14(2)32-19-6-4-3-5-16(19)26(34)35)24-18(10-13)23(33)22(27(28,29)30)25(37-24)21-11-15-12-31-8-7-20(15)36-21/h3-12,14,32H,1-2H3,(H,34,35). The fourth-order valence-electron chi connectivity index (χ4n) is 4.33. The first-order valence-electron chi connectivity index (χ1n) is 11.2. The Morgan fingerprint density at radius 2 is 1.86 bits per heavy atom. The van der Waals surface area contributed by atoms with E-state index in [1.807, 2.05) is 0 Å². The fraction of sp³-hybridized carbons (Fsp3) is 0.148. The van der Waals surface area contributed by atoms with Crippen LogP contribution in [0.15, 0.2) is 74.6 Å². The molecule has 0 amide bonds. The lowest BCUT2D eigenvalue weighted by Crippen LogP contribution is -2.21. The van der Waals surface area contributed by atoms with E-state index in [0.29, 0.717) is 22.2 Å². The van der Waals surface area contributed by atoms with Crippen LogP contribution in [0.4, 0.5) is 18.9 Å². The minimum absolute atomic E-state index is 0.0173. The van der Waals surface area contributed by atoms with Gasteiger partial charge < -0.3 is 19.3 Å². The highest BCUT2D eigenvalue weighted by Gasteiger charge is 2.41. The number of halogens is 3. The molecule has 0 bridgehead atoms. The number of hydrogen-bond donors (Lipinski definition) is 2. The zero-order chi connectivity index (χ0) is 26.5. The number of nitrogens with one attached hydrogen (secondary N) is 1. The molecular weight excluding hydrogens is 489 g/mol. The van der Waals surface area contributed by atoms with Crippen molar-refractivity contribution in [2.24, 2.45) is 0 Å². The topological polar surface area (TPSA) is 106 Å². The van der Waals surface area contributed by atoms with Gasteiger partial charge in [-0.2, -0.15) is 13.2 Å². The summed E-state index contributed by atoms with van der Waals surface area (Å²) < 4.78 is 53.9. The summed E-state index contributed by atoms with van der Waals surface area (Å²) in [6.45, 7) is 3.34. The molecule has 2 aromatic carbocycles. The van der Waals surface area contributed by atoms with E-state index in [1.165, 1.54) is 36.7 Å². The van der Waals surface area contributed by atoms with Gasteiger partial charge in [-0.25, -0.2) is 4.79 Å². The molecule has 0 aliphatic carbocycles. The molecule has 0 saturated carbocycles. The van der Waals surface area contributed by atoms with Gasteiger partial charge in [0.15, 0.2) is 11.5 Å². The summed E-state index contributed by atoms with van der Waals surface area (Å²) in [5, 5.41) is 12.8. The number of hydrogen-bond acceptors (Lipinski definition) is 6. The molecule has 5 aromatic rings. The second-order valence-electron chi connectivity index (χ2n) is 8.60. The number of carbonyl (C=O) groups is 1. The summed E-state index contributed by atoms with van der Waals surface area (Å²) in [7, 11) is 0. The largest absolute Gasteiger partial charge is 0.478 e. The van der Waals surface area contributed by atoms with Gasteiger partial charge in [-0.05, 0) is 49.7 Å². The monoisotopic (exact) mass is 508 g/mol. The number of aryl methyl sites for hydroxylation is 1. The van der Waals surface area contributed by atoms with Gasteiger partial charge in [0.25, 0.3) is 0 Å². The lowest BCUT2D eigenvalue weighted by atomic mass is 9.99. The van der Waals surface area contributed by atoms with Crippen molar-refractivity contribution in [3.8, 4) is 11.5 Å². The number of anilines is 1. The molecule has 1 atom stereocenters. The van der Waals surface area contributed by atoms with Gasteiger partial charge in [-0.1, -0.05) is 18.2 Å². The van der Waals surface area contributed by atoms with Gasteiger partial charge in [0, 0.05) is 29.0 Å². The number of pyridine rings is 1. The van der Waals surface area contributed by atoms with Crippen molar-refractivity contribution < 1.29 is 31.9 Å². The number of carboxylic acids is 1. The van der Waals surface area contributed by atoms with Crippen LogP contribution in [0.3, 0.4) is 0 Å². The van der Waals surface area contributed by atoms with Crippen LogP contribution in [0.1, 0.15) is 40.0 Å². The molecule has 2 N–H and O–H groups in total. The molecule has 0 radical (unpaired) electrons. The Kier molecular flexibility index (Phi) is 5.74. The van der Waals surface area contributed by atoms with Crippen LogP contribution in [0.25, 0.3) is 33.5 Å². The Hall–Kier alpha value is -4.60. The van der Waals surface area contributed by atoms with Gasteiger partial charge in [-0.3, -0.25) is 9.78 Å². The average Bonchev–Trinajstić information content (AvgIpc) is 3.27. The number of aromatic nitrogens is 1. The molecule has 5 rings (SSSR count). The number of aromatic carboxylic acids is 1. The average molecular weight is 508 g/mol. The van der Waals surface area contributed by atoms with Crippen LogP contribution >= 0.6 is 0 Å². The van der Waals surface area contributed by atoms with Crippen LogP contribution in [0, 0.1) is 6.92 Å². The zero-order valence-electron chi connectivity index (χ0n) is 19.5. The minimum atomic E-state index is -5.02.